The predicted molar refractivity (Wildman–Crippen MR) is 67.2 cm³/mol. The first-order valence-corrected chi connectivity index (χ1v) is 4.82. The van der Waals surface area contributed by atoms with Gasteiger partial charge in [0, 0.05) is 27.3 Å². The van der Waals surface area contributed by atoms with E-state index in [1.807, 2.05) is 0 Å². The average Bonchev–Trinajstić information content (AvgIpc) is 2.29. The Morgan fingerprint density at radius 3 is 1.33 bits per heavy atom. The monoisotopic (exact) mass is 386 g/mol. The molecule has 0 aromatic heterocycles. The molecule has 15 heavy (non-hydrogen) atoms. The molecule has 0 bridgehead atoms. The van der Waals surface area contributed by atoms with Gasteiger partial charge in [0.15, 0.2) is 0 Å². The molecular weight excluding hydrogens is 375 g/mol. The van der Waals surface area contributed by atoms with Crippen LogP contribution in [-0.2, 0) is 0 Å². The molecule has 3 rings (SSSR count). The molecule has 0 heterocycles. The molecule has 0 nitrogen and oxygen atoms in total. The molecule has 0 N–H and O–H groups in total. The van der Waals surface area contributed by atoms with Crippen molar-refractivity contribution < 1.29 is 0 Å². The molecular formula is C14H10Pb. The minimum absolute atomic E-state index is 0. The van der Waals surface area contributed by atoms with Crippen LogP contribution in [-0.4, -0.2) is 27.3 Å². The van der Waals surface area contributed by atoms with Crippen molar-refractivity contribution in [1.82, 2.24) is 0 Å². The molecule has 4 radical (unpaired) electrons. The van der Waals surface area contributed by atoms with Crippen LogP contribution >= 0.6 is 0 Å². The van der Waals surface area contributed by atoms with Crippen molar-refractivity contribution in [2.75, 3.05) is 0 Å². The fraction of sp³-hybridized carbons (Fsp3) is 0. The molecule has 0 amide bonds. The summed E-state index contributed by atoms with van der Waals surface area (Å²) in [6.07, 6.45) is 0. The van der Waals surface area contributed by atoms with Gasteiger partial charge in [0.25, 0.3) is 0 Å². The van der Waals surface area contributed by atoms with Gasteiger partial charge in [0.1, 0.15) is 0 Å². The minimum atomic E-state index is 0. The molecule has 0 aliphatic carbocycles. The maximum atomic E-state index is 2.18. The van der Waals surface area contributed by atoms with E-state index < -0.39 is 0 Å². The first kappa shape index (κ1) is 10.6. The summed E-state index contributed by atoms with van der Waals surface area (Å²) in [5.74, 6) is 0. The molecule has 0 spiro atoms. The molecule has 0 aliphatic heterocycles. The van der Waals surface area contributed by atoms with Crippen molar-refractivity contribution in [3.63, 3.8) is 0 Å². The van der Waals surface area contributed by atoms with Gasteiger partial charge in [-0.05, 0) is 21.5 Å². The predicted octanol–water partition coefficient (Wildman–Crippen LogP) is 3.61. The molecule has 3 aromatic carbocycles. The molecule has 3 aromatic rings. The summed E-state index contributed by atoms with van der Waals surface area (Å²) in [6, 6.07) is 21.4. The maximum absolute atomic E-state index is 2.18. The summed E-state index contributed by atoms with van der Waals surface area (Å²) in [5, 5.41) is 5.30. The summed E-state index contributed by atoms with van der Waals surface area (Å²) in [7, 11) is 0. The van der Waals surface area contributed by atoms with E-state index in [9.17, 15) is 0 Å². The smallest absolute Gasteiger partial charge is 0 e. The van der Waals surface area contributed by atoms with Gasteiger partial charge in [0.2, 0.25) is 0 Å². The van der Waals surface area contributed by atoms with Gasteiger partial charge in [0.05, 0.1) is 0 Å². The van der Waals surface area contributed by atoms with Gasteiger partial charge in [-0.1, -0.05) is 60.7 Å². The third kappa shape index (κ3) is 1.78. The fourth-order valence-corrected chi connectivity index (χ4v) is 1.95. The van der Waals surface area contributed by atoms with E-state index in [1.165, 1.54) is 21.5 Å². The van der Waals surface area contributed by atoms with Crippen molar-refractivity contribution in [3.05, 3.63) is 60.7 Å². The summed E-state index contributed by atoms with van der Waals surface area (Å²) < 4.78 is 0. The van der Waals surface area contributed by atoms with Gasteiger partial charge in [-0.3, -0.25) is 0 Å². The van der Waals surface area contributed by atoms with Crippen LogP contribution in [0.5, 0.6) is 0 Å². The molecule has 0 aliphatic rings. The van der Waals surface area contributed by atoms with Crippen molar-refractivity contribution >= 4 is 48.8 Å². The zero-order valence-corrected chi connectivity index (χ0v) is 12.2. The molecule has 0 unspecified atom stereocenters. The number of fused-ring (bicyclic) bond motifs is 3. The van der Waals surface area contributed by atoms with Crippen molar-refractivity contribution in [2.24, 2.45) is 0 Å². The Morgan fingerprint density at radius 1 is 0.467 bits per heavy atom. The third-order valence-electron chi connectivity index (χ3n) is 2.65. The topological polar surface area (TPSA) is 0 Å². The van der Waals surface area contributed by atoms with Crippen molar-refractivity contribution in [2.45, 2.75) is 0 Å². The van der Waals surface area contributed by atoms with Crippen molar-refractivity contribution in [1.29, 1.82) is 0 Å². The fourth-order valence-electron chi connectivity index (χ4n) is 1.95. The van der Waals surface area contributed by atoms with Crippen LogP contribution in [0.15, 0.2) is 60.7 Å². The second-order valence-electron chi connectivity index (χ2n) is 3.51. The number of hydrogen-bond acceptors (Lipinski definition) is 0. The second kappa shape index (κ2) is 4.31. The standard InChI is InChI=1S/C14H10.Pb/c1-3-7-13-11(5-1)9-10-12-6-2-4-8-14(12)13;/h1-10H;. The van der Waals surface area contributed by atoms with Crippen LogP contribution in [0.1, 0.15) is 0 Å². The molecule has 70 valence electrons. The van der Waals surface area contributed by atoms with Gasteiger partial charge in [-0.2, -0.15) is 0 Å². The minimum Gasteiger partial charge on any atom is -0.0616 e. The Kier molecular flexibility index (Phi) is 3.05. The van der Waals surface area contributed by atoms with Crippen LogP contribution in [0, 0.1) is 0 Å². The summed E-state index contributed by atoms with van der Waals surface area (Å²) in [5.41, 5.74) is 0. The van der Waals surface area contributed by atoms with Crippen LogP contribution in [0.3, 0.4) is 0 Å². The quantitative estimate of drug-likeness (QED) is 0.410. The number of rotatable bonds is 0. The van der Waals surface area contributed by atoms with E-state index in [4.69, 9.17) is 0 Å². The Balaban J connectivity index is 0.000000853. The van der Waals surface area contributed by atoms with Gasteiger partial charge < -0.3 is 0 Å². The Bertz CT molecular complexity index is 544. The maximum Gasteiger partial charge on any atom is 0 e. The molecule has 1 heteroatoms. The largest absolute Gasteiger partial charge is 0.0616 e. The van der Waals surface area contributed by atoms with Crippen LogP contribution in [0.25, 0.3) is 21.5 Å². The van der Waals surface area contributed by atoms with E-state index in [0.717, 1.165) is 0 Å². The molecule has 0 atom stereocenters. The first-order valence-electron chi connectivity index (χ1n) is 4.82. The van der Waals surface area contributed by atoms with Crippen LogP contribution < -0.4 is 0 Å². The molecule has 0 fully saturated rings. The van der Waals surface area contributed by atoms with Gasteiger partial charge in [-0.15, -0.1) is 0 Å². The summed E-state index contributed by atoms with van der Waals surface area (Å²) in [4.78, 5) is 0. The number of benzene rings is 3. The summed E-state index contributed by atoms with van der Waals surface area (Å²) >= 11 is 0. The van der Waals surface area contributed by atoms with Crippen LogP contribution in [0.4, 0.5) is 0 Å². The normalized spacial score (nSPS) is 10.1. The summed E-state index contributed by atoms with van der Waals surface area (Å²) in [6.45, 7) is 0. The van der Waals surface area contributed by atoms with E-state index in [0.29, 0.717) is 0 Å². The van der Waals surface area contributed by atoms with E-state index in [-0.39, 0.29) is 27.3 Å². The molecule has 0 saturated carbocycles. The van der Waals surface area contributed by atoms with E-state index >= 15 is 0 Å². The zero-order valence-electron chi connectivity index (χ0n) is 8.27. The average molecular weight is 385 g/mol. The number of hydrogen-bond donors (Lipinski definition) is 0. The van der Waals surface area contributed by atoms with Gasteiger partial charge in [-0.25, -0.2) is 0 Å². The first-order chi connectivity index (χ1) is 6.95. The SMILES string of the molecule is [Pb].c1ccc2c(c1)ccc1ccccc12. The van der Waals surface area contributed by atoms with Gasteiger partial charge >= 0.3 is 0 Å². The third-order valence-corrected chi connectivity index (χ3v) is 2.65. The van der Waals surface area contributed by atoms with E-state index in [2.05, 4.69) is 60.7 Å². The van der Waals surface area contributed by atoms with E-state index in [1.54, 1.807) is 0 Å². The Hall–Kier alpha value is -0.898. The second-order valence-corrected chi connectivity index (χ2v) is 3.51. The Morgan fingerprint density at radius 2 is 0.867 bits per heavy atom. The Labute approximate surface area is 109 Å². The van der Waals surface area contributed by atoms with Crippen molar-refractivity contribution in [3.8, 4) is 0 Å². The zero-order chi connectivity index (χ0) is 9.38. The van der Waals surface area contributed by atoms with Crippen LogP contribution in [0.2, 0.25) is 0 Å². The molecule has 0 saturated heterocycles.